The monoisotopic (exact) mass is 305 g/mol. The molecular formula is C17H23NO4. The molecule has 0 saturated carbocycles. The van der Waals surface area contributed by atoms with Crippen LogP contribution in [0.4, 0.5) is 0 Å². The Morgan fingerprint density at radius 1 is 1.45 bits per heavy atom. The van der Waals surface area contributed by atoms with E-state index in [9.17, 15) is 9.59 Å². The van der Waals surface area contributed by atoms with Crippen molar-refractivity contribution in [2.24, 2.45) is 0 Å². The van der Waals surface area contributed by atoms with E-state index in [0.29, 0.717) is 12.8 Å². The average molecular weight is 305 g/mol. The van der Waals surface area contributed by atoms with Crippen LogP contribution >= 0.6 is 0 Å². The van der Waals surface area contributed by atoms with Gasteiger partial charge >= 0.3 is 5.97 Å². The fourth-order valence-electron chi connectivity index (χ4n) is 2.14. The molecule has 0 aliphatic heterocycles. The summed E-state index contributed by atoms with van der Waals surface area (Å²) in [5.41, 5.74) is 0.979. The summed E-state index contributed by atoms with van der Waals surface area (Å²) in [5, 5.41) is 11.7. The zero-order valence-electron chi connectivity index (χ0n) is 13.0. The molecule has 2 atom stereocenters. The quantitative estimate of drug-likeness (QED) is 0.688. The summed E-state index contributed by atoms with van der Waals surface area (Å²) >= 11 is 0. The zero-order valence-corrected chi connectivity index (χ0v) is 13.0. The van der Waals surface area contributed by atoms with Gasteiger partial charge in [-0.05, 0) is 36.5 Å². The second kappa shape index (κ2) is 8.87. The van der Waals surface area contributed by atoms with Gasteiger partial charge < -0.3 is 15.2 Å². The number of nitrogens with one attached hydrogen (secondary N) is 1. The number of benzene rings is 1. The lowest BCUT2D eigenvalue weighted by Crippen LogP contribution is -2.41. The Labute approximate surface area is 131 Å². The van der Waals surface area contributed by atoms with Crippen molar-refractivity contribution in [3.8, 4) is 5.75 Å². The first-order valence-electron chi connectivity index (χ1n) is 7.25. The second-order valence-electron chi connectivity index (χ2n) is 5.21. The summed E-state index contributed by atoms with van der Waals surface area (Å²) in [4.78, 5) is 23.1. The van der Waals surface area contributed by atoms with Crippen LogP contribution in [0.5, 0.6) is 5.75 Å². The van der Waals surface area contributed by atoms with Crippen LogP contribution in [0, 0.1) is 0 Å². The normalized spacial score (nSPS) is 13.0. The number of carbonyl (C=O) groups excluding carboxylic acids is 1. The number of carbonyl (C=O) groups is 2. The van der Waals surface area contributed by atoms with Gasteiger partial charge in [0.2, 0.25) is 5.91 Å². The molecule has 1 amide bonds. The van der Waals surface area contributed by atoms with Crippen molar-refractivity contribution in [1.29, 1.82) is 0 Å². The number of allylic oxidation sites excluding steroid dienone is 1. The van der Waals surface area contributed by atoms with Gasteiger partial charge in [0.1, 0.15) is 11.8 Å². The van der Waals surface area contributed by atoms with Crippen molar-refractivity contribution < 1.29 is 19.4 Å². The highest BCUT2D eigenvalue weighted by Crippen LogP contribution is 2.23. The predicted octanol–water partition coefficient (Wildman–Crippen LogP) is 2.72. The van der Waals surface area contributed by atoms with Gasteiger partial charge in [-0.3, -0.25) is 4.79 Å². The van der Waals surface area contributed by atoms with Crippen LogP contribution < -0.4 is 10.1 Å². The molecule has 120 valence electrons. The first-order chi connectivity index (χ1) is 10.5. The highest BCUT2D eigenvalue weighted by Gasteiger charge is 2.20. The van der Waals surface area contributed by atoms with E-state index in [2.05, 4.69) is 11.9 Å². The summed E-state index contributed by atoms with van der Waals surface area (Å²) in [6.45, 7) is 5.48. The largest absolute Gasteiger partial charge is 0.497 e. The van der Waals surface area contributed by atoms with Crippen LogP contribution in [0.25, 0.3) is 0 Å². The van der Waals surface area contributed by atoms with Crippen molar-refractivity contribution in [2.75, 3.05) is 7.11 Å². The summed E-state index contributed by atoms with van der Waals surface area (Å²) in [6, 6.07) is 6.64. The molecule has 0 aliphatic carbocycles. The van der Waals surface area contributed by atoms with Crippen molar-refractivity contribution in [1.82, 2.24) is 5.32 Å². The Hall–Kier alpha value is -2.30. The Kier molecular flexibility index (Phi) is 7.16. The van der Waals surface area contributed by atoms with Crippen molar-refractivity contribution in [3.05, 3.63) is 42.5 Å². The molecule has 5 heteroatoms. The molecule has 2 N–H and O–H groups in total. The zero-order chi connectivity index (χ0) is 16.5. The first kappa shape index (κ1) is 17.8. The summed E-state index contributed by atoms with van der Waals surface area (Å²) in [7, 11) is 1.59. The fraction of sp³-hybridized carbons (Fsp3) is 0.412. The van der Waals surface area contributed by atoms with Crippen LogP contribution in [0.2, 0.25) is 0 Å². The molecule has 0 saturated heterocycles. The predicted molar refractivity (Wildman–Crippen MR) is 85.0 cm³/mol. The third kappa shape index (κ3) is 5.60. The highest BCUT2D eigenvalue weighted by atomic mass is 16.5. The molecule has 0 bridgehead atoms. The van der Waals surface area contributed by atoms with Crippen LogP contribution in [0.1, 0.15) is 37.7 Å². The van der Waals surface area contributed by atoms with E-state index >= 15 is 0 Å². The number of hydrogen-bond donors (Lipinski definition) is 2. The number of rotatable bonds is 9. The lowest BCUT2D eigenvalue weighted by Gasteiger charge is -2.16. The van der Waals surface area contributed by atoms with E-state index in [1.165, 1.54) is 0 Å². The summed E-state index contributed by atoms with van der Waals surface area (Å²) in [6.07, 6.45) is 2.76. The Balaban J connectivity index is 2.62. The molecule has 0 fully saturated rings. The van der Waals surface area contributed by atoms with Gasteiger partial charge in [-0.25, -0.2) is 4.79 Å². The van der Waals surface area contributed by atoms with Gasteiger partial charge in [0, 0.05) is 6.42 Å². The minimum Gasteiger partial charge on any atom is -0.497 e. The van der Waals surface area contributed by atoms with Gasteiger partial charge in [0.25, 0.3) is 0 Å². The smallest absolute Gasteiger partial charge is 0.326 e. The van der Waals surface area contributed by atoms with Crippen LogP contribution in [0.3, 0.4) is 0 Å². The average Bonchev–Trinajstić information content (AvgIpc) is 2.51. The fourth-order valence-corrected chi connectivity index (χ4v) is 2.14. The maximum absolute atomic E-state index is 12.0. The number of hydrogen-bond acceptors (Lipinski definition) is 3. The standard InChI is InChI=1S/C17H23NO4/c1-4-5-9-15(17(20)21)18-16(19)10-12(2)13-7-6-8-14(11-13)22-3/h4,6-8,11-12,15H,1,5,9-10H2,2-3H3,(H,18,19)(H,20,21). The van der Waals surface area contributed by atoms with Gasteiger partial charge in [-0.2, -0.15) is 0 Å². The number of aliphatic carboxylic acids is 1. The number of methoxy groups -OCH3 is 1. The van der Waals surface area contributed by atoms with Crippen molar-refractivity contribution in [3.63, 3.8) is 0 Å². The molecule has 0 spiro atoms. The van der Waals surface area contributed by atoms with E-state index in [-0.39, 0.29) is 18.2 Å². The Morgan fingerprint density at radius 3 is 2.77 bits per heavy atom. The molecule has 22 heavy (non-hydrogen) atoms. The van der Waals surface area contributed by atoms with Crippen molar-refractivity contribution in [2.45, 2.75) is 38.1 Å². The summed E-state index contributed by atoms with van der Waals surface area (Å²) in [5.74, 6) is -0.584. The van der Waals surface area contributed by atoms with Gasteiger partial charge in [0.05, 0.1) is 7.11 Å². The third-order valence-electron chi connectivity index (χ3n) is 3.45. The van der Waals surface area contributed by atoms with Crippen LogP contribution in [-0.2, 0) is 9.59 Å². The maximum atomic E-state index is 12.0. The summed E-state index contributed by atoms with van der Waals surface area (Å²) < 4.78 is 5.16. The lowest BCUT2D eigenvalue weighted by molar-refractivity contribution is -0.142. The number of carboxylic acids is 1. The van der Waals surface area contributed by atoms with Gasteiger partial charge in [-0.15, -0.1) is 6.58 Å². The molecular weight excluding hydrogens is 282 g/mol. The Morgan fingerprint density at radius 2 is 2.18 bits per heavy atom. The molecule has 5 nitrogen and oxygen atoms in total. The van der Waals surface area contributed by atoms with Crippen LogP contribution in [0.15, 0.2) is 36.9 Å². The van der Waals surface area contributed by atoms with Gasteiger partial charge in [0.15, 0.2) is 0 Å². The molecule has 1 aromatic carbocycles. The Bertz CT molecular complexity index is 527. The molecule has 0 heterocycles. The van der Waals surface area contributed by atoms with Crippen molar-refractivity contribution >= 4 is 11.9 Å². The maximum Gasteiger partial charge on any atom is 0.326 e. The molecule has 0 radical (unpaired) electrons. The molecule has 1 rings (SSSR count). The first-order valence-corrected chi connectivity index (χ1v) is 7.25. The number of carboxylic acid groups (broad SMARTS) is 1. The molecule has 2 unspecified atom stereocenters. The molecule has 0 aromatic heterocycles. The number of ether oxygens (including phenoxy) is 1. The van der Waals surface area contributed by atoms with E-state index < -0.39 is 12.0 Å². The highest BCUT2D eigenvalue weighted by molar-refractivity contribution is 5.83. The number of amides is 1. The second-order valence-corrected chi connectivity index (χ2v) is 5.21. The van der Waals surface area contributed by atoms with E-state index in [0.717, 1.165) is 11.3 Å². The lowest BCUT2D eigenvalue weighted by atomic mass is 9.97. The SMILES string of the molecule is C=CCCC(NC(=O)CC(C)c1cccc(OC)c1)C(=O)O. The molecule has 1 aromatic rings. The van der Waals surface area contributed by atoms with Crippen LogP contribution in [-0.4, -0.2) is 30.1 Å². The third-order valence-corrected chi connectivity index (χ3v) is 3.45. The van der Waals surface area contributed by atoms with Gasteiger partial charge in [-0.1, -0.05) is 25.1 Å². The topological polar surface area (TPSA) is 75.6 Å². The minimum absolute atomic E-state index is 0.0241. The van der Waals surface area contributed by atoms with E-state index in [1.54, 1.807) is 13.2 Å². The van der Waals surface area contributed by atoms with E-state index in [1.807, 2.05) is 31.2 Å². The molecule has 0 aliphatic rings. The van der Waals surface area contributed by atoms with E-state index in [4.69, 9.17) is 9.84 Å². The minimum atomic E-state index is -1.02.